The van der Waals surface area contributed by atoms with Crippen molar-refractivity contribution in [2.24, 2.45) is 5.92 Å². The van der Waals surface area contributed by atoms with E-state index in [9.17, 15) is 9.59 Å². The van der Waals surface area contributed by atoms with Gasteiger partial charge in [0.25, 0.3) is 0 Å². The zero-order valence-electron chi connectivity index (χ0n) is 14.2. The summed E-state index contributed by atoms with van der Waals surface area (Å²) in [5, 5.41) is 11.8. The van der Waals surface area contributed by atoms with Crippen LogP contribution in [0.15, 0.2) is 24.3 Å². The van der Waals surface area contributed by atoms with Crippen molar-refractivity contribution in [2.75, 3.05) is 23.4 Å². The third-order valence-electron chi connectivity index (χ3n) is 3.97. The summed E-state index contributed by atoms with van der Waals surface area (Å²) in [6, 6.07) is 7.71. The van der Waals surface area contributed by atoms with Gasteiger partial charge in [-0.15, -0.1) is 10.2 Å². The number of nitrogens with zero attached hydrogens (tertiary/aromatic N) is 3. The van der Waals surface area contributed by atoms with Crippen LogP contribution < -0.4 is 10.2 Å². The summed E-state index contributed by atoms with van der Waals surface area (Å²) >= 11 is 1.28. The first-order valence-corrected chi connectivity index (χ1v) is 8.96. The fourth-order valence-corrected chi connectivity index (χ4v) is 3.30. The molecule has 132 valence electrons. The number of ether oxygens (including phenoxy) is 1. The second-order valence-electron chi connectivity index (χ2n) is 5.87. The standard InChI is InChI=1S/C17H20N4O3S/c1-3-24-10-14-19-20-17(25-14)18-16(23)12-8-15(22)21(9-12)13-6-4-11(2)5-7-13/h4-7,12H,3,8-10H2,1-2H3,(H,18,20,23)/t12-/m1/s1. The van der Waals surface area contributed by atoms with Gasteiger partial charge in [0, 0.05) is 25.3 Å². The Balaban J connectivity index is 1.60. The van der Waals surface area contributed by atoms with Crippen molar-refractivity contribution in [3.8, 4) is 0 Å². The fraction of sp³-hybridized carbons (Fsp3) is 0.412. The molecular weight excluding hydrogens is 340 g/mol. The summed E-state index contributed by atoms with van der Waals surface area (Å²) in [5.41, 5.74) is 1.95. The third kappa shape index (κ3) is 4.21. The van der Waals surface area contributed by atoms with Crippen molar-refractivity contribution in [1.29, 1.82) is 0 Å². The average Bonchev–Trinajstić information content (AvgIpc) is 3.20. The average molecular weight is 360 g/mol. The zero-order chi connectivity index (χ0) is 17.8. The van der Waals surface area contributed by atoms with E-state index < -0.39 is 5.92 Å². The molecule has 0 bridgehead atoms. The van der Waals surface area contributed by atoms with Crippen LogP contribution in [0.25, 0.3) is 0 Å². The molecule has 7 nitrogen and oxygen atoms in total. The molecule has 0 radical (unpaired) electrons. The molecule has 8 heteroatoms. The highest BCUT2D eigenvalue weighted by Gasteiger charge is 2.35. The van der Waals surface area contributed by atoms with Crippen molar-refractivity contribution in [3.63, 3.8) is 0 Å². The number of hydrogen-bond acceptors (Lipinski definition) is 6. The van der Waals surface area contributed by atoms with E-state index in [1.807, 2.05) is 38.1 Å². The molecule has 2 aromatic rings. The van der Waals surface area contributed by atoms with Crippen LogP contribution in [0.2, 0.25) is 0 Å². The molecule has 3 rings (SSSR count). The molecule has 2 amide bonds. The van der Waals surface area contributed by atoms with Gasteiger partial charge in [-0.1, -0.05) is 29.0 Å². The van der Waals surface area contributed by atoms with Gasteiger partial charge in [0.15, 0.2) is 0 Å². The van der Waals surface area contributed by atoms with E-state index in [1.165, 1.54) is 11.3 Å². The van der Waals surface area contributed by atoms with Crippen LogP contribution in [-0.4, -0.2) is 35.2 Å². The van der Waals surface area contributed by atoms with Gasteiger partial charge in [0.2, 0.25) is 16.9 Å². The number of rotatable bonds is 6. The van der Waals surface area contributed by atoms with Crippen LogP contribution in [0.1, 0.15) is 23.9 Å². The number of aromatic nitrogens is 2. The van der Waals surface area contributed by atoms with Crippen LogP contribution in [0.4, 0.5) is 10.8 Å². The Morgan fingerprint density at radius 2 is 2.12 bits per heavy atom. The number of aryl methyl sites for hydroxylation is 1. The molecule has 0 saturated carbocycles. The Labute approximate surface area is 150 Å². The Morgan fingerprint density at radius 1 is 1.36 bits per heavy atom. The van der Waals surface area contributed by atoms with Crippen molar-refractivity contribution in [1.82, 2.24) is 10.2 Å². The minimum atomic E-state index is -0.395. The van der Waals surface area contributed by atoms with Crippen molar-refractivity contribution in [2.45, 2.75) is 26.9 Å². The fourth-order valence-electron chi connectivity index (χ4n) is 2.62. The zero-order valence-corrected chi connectivity index (χ0v) is 15.0. The highest BCUT2D eigenvalue weighted by Crippen LogP contribution is 2.26. The van der Waals surface area contributed by atoms with Crippen molar-refractivity contribution >= 4 is 34.0 Å². The van der Waals surface area contributed by atoms with Crippen LogP contribution >= 0.6 is 11.3 Å². The molecule has 1 aromatic carbocycles. The minimum Gasteiger partial charge on any atom is -0.374 e. The molecule has 1 saturated heterocycles. The lowest BCUT2D eigenvalue weighted by molar-refractivity contribution is -0.122. The van der Waals surface area contributed by atoms with Gasteiger partial charge < -0.3 is 15.0 Å². The van der Waals surface area contributed by atoms with Gasteiger partial charge in [0.1, 0.15) is 11.6 Å². The number of benzene rings is 1. The molecule has 2 heterocycles. The highest BCUT2D eigenvalue weighted by molar-refractivity contribution is 7.15. The number of carbonyl (C=O) groups excluding carboxylic acids is 2. The Hall–Kier alpha value is -2.32. The number of hydrogen-bond donors (Lipinski definition) is 1. The first-order valence-electron chi connectivity index (χ1n) is 8.15. The lowest BCUT2D eigenvalue weighted by atomic mass is 10.1. The summed E-state index contributed by atoms with van der Waals surface area (Å²) in [7, 11) is 0. The summed E-state index contributed by atoms with van der Waals surface area (Å²) in [4.78, 5) is 26.3. The number of nitrogens with one attached hydrogen (secondary N) is 1. The van der Waals surface area contributed by atoms with Crippen LogP contribution in [0.5, 0.6) is 0 Å². The maximum Gasteiger partial charge on any atom is 0.231 e. The molecule has 1 N–H and O–H groups in total. The molecule has 1 aliphatic heterocycles. The second-order valence-corrected chi connectivity index (χ2v) is 6.93. The Morgan fingerprint density at radius 3 is 2.84 bits per heavy atom. The van der Waals surface area contributed by atoms with Gasteiger partial charge in [-0.05, 0) is 26.0 Å². The number of amides is 2. The predicted octanol–water partition coefficient (Wildman–Crippen LogP) is 2.37. The van der Waals surface area contributed by atoms with E-state index in [0.29, 0.717) is 29.9 Å². The normalized spacial score (nSPS) is 17.1. The smallest absolute Gasteiger partial charge is 0.231 e. The van der Waals surface area contributed by atoms with E-state index in [2.05, 4.69) is 15.5 Å². The maximum absolute atomic E-state index is 12.4. The quantitative estimate of drug-likeness (QED) is 0.855. The van der Waals surface area contributed by atoms with Gasteiger partial charge in [0.05, 0.1) is 5.92 Å². The third-order valence-corrected chi connectivity index (χ3v) is 4.78. The Bertz CT molecular complexity index is 760. The van der Waals surface area contributed by atoms with E-state index in [-0.39, 0.29) is 18.2 Å². The van der Waals surface area contributed by atoms with Crippen LogP contribution in [0.3, 0.4) is 0 Å². The topological polar surface area (TPSA) is 84.4 Å². The monoisotopic (exact) mass is 360 g/mol. The van der Waals surface area contributed by atoms with Gasteiger partial charge in [-0.25, -0.2) is 0 Å². The molecule has 0 unspecified atom stereocenters. The summed E-state index contributed by atoms with van der Waals surface area (Å²) in [6.45, 7) is 5.25. The minimum absolute atomic E-state index is 0.0432. The lowest BCUT2D eigenvalue weighted by Crippen LogP contribution is -2.28. The highest BCUT2D eigenvalue weighted by atomic mass is 32.1. The largest absolute Gasteiger partial charge is 0.374 e. The summed E-state index contributed by atoms with van der Waals surface area (Å²) in [6.07, 6.45) is 0.199. The van der Waals surface area contributed by atoms with Crippen LogP contribution in [-0.2, 0) is 20.9 Å². The van der Waals surface area contributed by atoms with Gasteiger partial charge >= 0.3 is 0 Å². The van der Waals surface area contributed by atoms with Crippen LogP contribution in [0, 0.1) is 12.8 Å². The molecule has 25 heavy (non-hydrogen) atoms. The molecule has 0 spiro atoms. The molecule has 1 aliphatic rings. The SMILES string of the molecule is CCOCc1nnc(NC(=O)[C@@H]2CC(=O)N(c3ccc(C)cc3)C2)s1. The Kier molecular flexibility index (Phi) is 5.40. The first kappa shape index (κ1) is 17.5. The maximum atomic E-state index is 12.4. The van der Waals surface area contributed by atoms with Gasteiger partial charge in [-0.3, -0.25) is 9.59 Å². The predicted molar refractivity (Wildman–Crippen MR) is 95.5 cm³/mol. The lowest BCUT2D eigenvalue weighted by Gasteiger charge is -2.16. The van der Waals surface area contributed by atoms with E-state index in [4.69, 9.17) is 4.74 Å². The second kappa shape index (κ2) is 7.71. The first-order chi connectivity index (χ1) is 12.1. The number of carbonyl (C=O) groups is 2. The van der Waals surface area contributed by atoms with Gasteiger partial charge in [-0.2, -0.15) is 0 Å². The van der Waals surface area contributed by atoms with E-state index in [1.54, 1.807) is 4.90 Å². The van der Waals surface area contributed by atoms with E-state index in [0.717, 1.165) is 11.3 Å². The molecule has 1 aromatic heterocycles. The molecule has 1 fully saturated rings. The molecular formula is C17H20N4O3S. The molecule has 0 aliphatic carbocycles. The van der Waals surface area contributed by atoms with Crippen molar-refractivity contribution in [3.05, 3.63) is 34.8 Å². The van der Waals surface area contributed by atoms with Crippen molar-refractivity contribution < 1.29 is 14.3 Å². The number of anilines is 2. The summed E-state index contributed by atoms with van der Waals surface area (Å²) in [5.74, 6) is -0.645. The molecule has 1 atom stereocenters. The van der Waals surface area contributed by atoms with E-state index >= 15 is 0 Å². The summed E-state index contributed by atoms with van der Waals surface area (Å²) < 4.78 is 5.27.